The van der Waals surface area contributed by atoms with E-state index in [-0.39, 0.29) is 5.41 Å². The van der Waals surface area contributed by atoms with Crippen molar-refractivity contribution in [3.8, 4) is 5.75 Å². The van der Waals surface area contributed by atoms with Crippen molar-refractivity contribution in [1.82, 2.24) is 10.6 Å². The quantitative estimate of drug-likeness (QED) is 0.825. The van der Waals surface area contributed by atoms with Gasteiger partial charge >= 0.3 is 0 Å². The Balaban J connectivity index is 1.92. The number of para-hydroxylation sites is 1. The van der Waals surface area contributed by atoms with Crippen LogP contribution in [0.4, 0.5) is 0 Å². The Hall–Kier alpha value is -1.06. The van der Waals surface area contributed by atoms with Crippen LogP contribution in [0.5, 0.6) is 5.75 Å². The third-order valence-corrected chi connectivity index (χ3v) is 3.96. The number of hydrogen-bond acceptors (Lipinski definition) is 3. The topological polar surface area (TPSA) is 33.3 Å². The fourth-order valence-corrected chi connectivity index (χ4v) is 2.79. The summed E-state index contributed by atoms with van der Waals surface area (Å²) in [6.45, 7) is 7.71. The van der Waals surface area contributed by atoms with Crippen molar-refractivity contribution < 1.29 is 4.74 Å². The van der Waals surface area contributed by atoms with Crippen molar-refractivity contribution in [1.29, 1.82) is 0 Å². The van der Waals surface area contributed by atoms with E-state index in [0.29, 0.717) is 6.04 Å². The molecule has 0 saturated carbocycles. The van der Waals surface area contributed by atoms with Gasteiger partial charge in [-0.2, -0.15) is 0 Å². The molecule has 1 atom stereocenters. The smallest absolute Gasteiger partial charge is 0.122 e. The molecule has 3 nitrogen and oxygen atoms in total. The normalized spacial score (nSPS) is 19.6. The van der Waals surface area contributed by atoms with Gasteiger partial charge in [0.05, 0.1) is 7.11 Å². The summed E-state index contributed by atoms with van der Waals surface area (Å²) in [4.78, 5) is 0. The second-order valence-corrected chi connectivity index (χ2v) is 6.01. The van der Waals surface area contributed by atoms with Crippen LogP contribution in [0.15, 0.2) is 24.3 Å². The van der Waals surface area contributed by atoms with E-state index >= 15 is 0 Å². The summed E-state index contributed by atoms with van der Waals surface area (Å²) in [5.41, 5.74) is 1.34. The highest BCUT2D eigenvalue weighted by atomic mass is 16.5. The summed E-state index contributed by atoms with van der Waals surface area (Å²) in [5, 5.41) is 7.12. The largest absolute Gasteiger partial charge is 0.496 e. The average Bonchev–Trinajstić information content (AvgIpc) is 2.91. The summed E-state index contributed by atoms with van der Waals surface area (Å²) in [5.74, 6) is 0.980. The maximum Gasteiger partial charge on any atom is 0.122 e. The molecule has 1 unspecified atom stereocenters. The number of hydrogen-bond donors (Lipinski definition) is 2. The molecule has 0 aromatic heterocycles. The van der Waals surface area contributed by atoms with E-state index < -0.39 is 0 Å². The van der Waals surface area contributed by atoms with E-state index in [9.17, 15) is 0 Å². The van der Waals surface area contributed by atoms with E-state index in [1.54, 1.807) is 7.11 Å². The highest BCUT2D eigenvalue weighted by Crippen LogP contribution is 2.30. The molecule has 106 valence electrons. The molecule has 19 heavy (non-hydrogen) atoms. The fourth-order valence-electron chi connectivity index (χ4n) is 2.79. The van der Waals surface area contributed by atoms with Crippen LogP contribution in [-0.2, 0) is 5.41 Å². The van der Waals surface area contributed by atoms with Crippen molar-refractivity contribution >= 4 is 0 Å². The molecule has 3 heteroatoms. The van der Waals surface area contributed by atoms with Crippen molar-refractivity contribution in [2.24, 2.45) is 0 Å². The molecular formula is C16H26N2O. The average molecular weight is 262 g/mol. The maximum absolute atomic E-state index is 5.47. The molecule has 0 radical (unpaired) electrons. The third-order valence-electron chi connectivity index (χ3n) is 3.96. The van der Waals surface area contributed by atoms with Crippen LogP contribution in [0.2, 0.25) is 0 Å². The van der Waals surface area contributed by atoms with Gasteiger partial charge in [0.15, 0.2) is 0 Å². The van der Waals surface area contributed by atoms with Crippen LogP contribution in [0.3, 0.4) is 0 Å². The van der Waals surface area contributed by atoms with Gasteiger partial charge in [-0.15, -0.1) is 0 Å². The lowest BCUT2D eigenvalue weighted by Gasteiger charge is -2.28. The molecule has 0 spiro atoms. The molecule has 1 fully saturated rings. The van der Waals surface area contributed by atoms with Crippen molar-refractivity contribution in [2.75, 3.05) is 26.7 Å². The number of benzene rings is 1. The SMILES string of the molecule is COc1ccccc1C(C)(C)CNCC1CCCN1. The minimum absolute atomic E-state index is 0.0746. The van der Waals surface area contributed by atoms with E-state index in [4.69, 9.17) is 4.74 Å². The third kappa shape index (κ3) is 3.71. The Morgan fingerprint density at radius 1 is 1.37 bits per heavy atom. The summed E-state index contributed by atoms with van der Waals surface area (Å²) >= 11 is 0. The Bertz CT molecular complexity index is 397. The van der Waals surface area contributed by atoms with Gasteiger partial charge in [0.2, 0.25) is 0 Å². The van der Waals surface area contributed by atoms with Crippen molar-refractivity contribution in [3.63, 3.8) is 0 Å². The molecule has 2 rings (SSSR count). The molecule has 1 saturated heterocycles. The van der Waals surface area contributed by atoms with Gasteiger partial charge < -0.3 is 15.4 Å². The first-order valence-corrected chi connectivity index (χ1v) is 7.21. The second-order valence-electron chi connectivity index (χ2n) is 6.01. The molecular weight excluding hydrogens is 236 g/mol. The first-order chi connectivity index (χ1) is 9.13. The molecule has 0 aliphatic carbocycles. The minimum atomic E-state index is 0.0746. The molecule has 1 aliphatic rings. The van der Waals surface area contributed by atoms with E-state index in [0.717, 1.165) is 18.8 Å². The standard InChI is InChI=1S/C16H26N2O/c1-16(2,12-17-11-13-7-6-10-18-13)14-8-4-5-9-15(14)19-3/h4-5,8-9,13,17-18H,6-7,10-12H2,1-3H3. The number of methoxy groups -OCH3 is 1. The van der Waals surface area contributed by atoms with Crippen LogP contribution >= 0.6 is 0 Å². The number of ether oxygens (including phenoxy) is 1. The fraction of sp³-hybridized carbons (Fsp3) is 0.625. The zero-order valence-electron chi connectivity index (χ0n) is 12.3. The van der Waals surface area contributed by atoms with E-state index in [1.165, 1.54) is 24.9 Å². The highest BCUT2D eigenvalue weighted by molar-refractivity contribution is 5.39. The highest BCUT2D eigenvalue weighted by Gasteiger charge is 2.24. The van der Waals surface area contributed by atoms with Gasteiger partial charge in [-0.1, -0.05) is 32.0 Å². The molecule has 1 aliphatic heterocycles. The van der Waals surface area contributed by atoms with Gasteiger partial charge in [-0.3, -0.25) is 0 Å². The molecule has 1 heterocycles. The van der Waals surface area contributed by atoms with Gasteiger partial charge in [-0.25, -0.2) is 0 Å². The predicted octanol–water partition coefficient (Wildman–Crippen LogP) is 2.31. The minimum Gasteiger partial charge on any atom is -0.496 e. The van der Waals surface area contributed by atoms with Crippen molar-refractivity contribution in [2.45, 2.75) is 38.1 Å². The van der Waals surface area contributed by atoms with Gasteiger partial charge in [0.1, 0.15) is 5.75 Å². The first kappa shape index (κ1) is 14.4. The van der Waals surface area contributed by atoms with Crippen LogP contribution in [-0.4, -0.2) is 32.8 Å². The van der Waals surface area contributed by atoms with Crippen molar-refractivity contribution in [3.05, 3.63) is 29.8 Å². The zero-order valence-corrected chi connectivity index (χ0v) is 12.3. The number of rotatable bonds is 6. The summed E-state index contributed by atoms with van der Waals surface area (Å²) in [6.07, 6.45) is 2.60. The predicted molar refractivity (Wildman–Crippen MR) is 79.9 cm³/mol. The summed E-state index contributed by atoms with van der Waals surface area (Å²) in [7, 11) is 1.74. The molecule has 0 bridgehead atoms. The Labute approximate surface area is 116 Å². The van der Waals surface area contributed by atoms with Gasteiger partial charge in [0.25, 0.3) is 0 Å². The zero-order chi connectivity index (χ0) is 13.7. The lowest BCUT2D eigenvalue weighted by molar-refractivity contribution is 0.382. The summed E-state index contributed by atoms with van der Waals surface area (Å²) < 4.78 is 5.47. The van der Waals surface area contributed by atoms with Gasteiger partial charge in [0, 0.05) is 30.1 Å². The molecule has 1 aromatic carbocycles. The lowest BCUT2D eigenvalue weighted by Crippen LogP contribution is -2.40. The van der Waals surface area contributed by atoms with Crippen LogP contribution < -0.4 is 15.4 Å². The Morgan fingerprint density at radius 2 is 2.16 bits per heavy atom. The first-order valence-electron chi connectivity index (χ1n) is 7.21. The Kier molecular flexibility index (Phi) is 4.83. The molecule has 1 aromatic rings. The maximum atomic E-state index is 5.47. The van der Waals surface area contributed by atoms with Gasteiger partial charge in [-0.05, 0) is 25.5 Å². The second kappa shape index (κ2) is 6.40. The van der Waals surface area contributed by atoms with E-state index in [1.807, 2.05) is 12.1 Å². The van der Waals surface area contributed by atoms with Crippen LogP contribution in [0.25, 0.3) is 0 Å². The van der Waals surface area contributed by atoms with Crippen LogP contribution in [0, 0.1) is 0 Å². The van der Waals surface area contributed by atoms with Crippen LogP contribution in [0.1, 0.15) is 32.3 Å². The van der Waals surface area contributed by atoms with E-state index in [2.05, 4.69) is 36.6 Å². The molecule has 2 N–H and O–H groups in total. The monoisotopic (exact) mass is 262 g/mol. The molecule has 0 amide bonds. The Morgan fingerprint density at radius 3 is 2.84 bits per heavy atom. The summed E-state index contributed by atoms with van der Waals surface area (Å²) in [6, 6.07) is 8.95. The lowest BCUT2D eigenvalue weighted by atomic mass is 9.84. The number of nitrogens with one attached hydrogen (secondary N) is 2.